The second-order valence-electron chi connectivity index (χ2n) is 7.70. The molecule has 0 unspecified atom stereocenters. The molecule has 2 aromatic heterocycles. The van der Waals surface area contributed by atoms with Gasteiger partial charge >= 0.3 is 0 Å². The number of rotatable bonds is 8. The molecule has 2 heterocycles. The third-order valence-corrected chi connectivity index (χ3v) is 5.13. The lowest BCUT2D eigenvalue weighted by Crippen LogP contribution is -2.15. The minimum Gasteiger partial charge on any atom is -0.488 e. The molecule has 0 aliphatic heterocycles. The zero-order chi connectivity index (χ0) is 20.9. The van der Waals surface area contributed by atoms with E-state index in [0.29, 0.717) is 24.4 Å². The van der Waals surface area contributed by atoms with Crippen LogP contribution in [0.3, 0.4) is 0 Å². The van der Waals surface area contributed by atoms with Crippen molar-refractivity contribution >= 4 is 10.9 Å². The predicted octanol–water partition coefficient (Wildman–Crippen LogP) is 4.91. The zero-order valence-corrected chi connectivity index (χ0v) is 17.4. The highest BCUT2D eigenvalue weighted by Gasteiger charge is 2.18. The molecule has 0 bridgehead atoms. The van der Waals surface area contributed by atoms with Crippen LogP contribution in [0.2, 0.25) is 0 Å². The molecule has 154 valence electrons. The van der Waals surface area contributed by atoms with E-state index >= 15 is 0 Å². The van der Waals surface area contributed by atoms with Gasteiger partial charge in [-0.15, -0.1) is 0 Å². The minimum absolute atomic E-state index is 0.246. The van der Waals surface area contributed by atoms with E-state index in [4.69, 9.17) is 4.74 Å². The van der Waals surface area contributed by atoms with E-state index in [-0.39, 0.29) is 5.82 Å². The fourth-order valence-corrected chi connectivity index (χ4v) is 3.64. The lowest BCUT2D eigenvalue weighted by atomic mass is 10.1. The first-order valence-electron chi connectivity index (χ1n) is 10.1. The molecule has 0 atom stereocenters. The molecule has 0 saturated heterocycles. The molecule has 0 aliphatic carbocycles. The Balaban J connectivity index is 1.74. The largest absolute Gasteiger partial charge is 0.488 e. The molecule has 0 N–H and O–H groups in total. The molecule has 0 fully saturated rings. The first-order chi connectivity index (χ1) is 14.6. The van der Waals surface area contributed by atoms with Crippen LogP contribution in [0.15, 0.2) is 73.1 Å². The van der Waals surface area contributed by atoms with Crippen molar-refractivity contribution in [1.82, 2.24) is 14.5 Å². The van der Waals surface area contributed by atoms with Crippen LogP contribution in [0.25, 0.3) is 10.9 Å². The van der Waals surface area contributed by atoms with Gasteiger partial charge < -0.3 is 14.2 Å². The van der Waals surface area contributed by atoms with Crippen LogP contribution in [0, 0.1) is 5.82 Å². The van der Waals surface area contributed by atoms with Crippen molar-refractivity contribution in [3.8, 4) is 5.75 Å². The number of fused-ring (bicyclic) bond motifs is 1. The number of hydrogen-bond donors (Lipinski definition) is 0. The van der Waals surface area contributed by atoms with E-state index in [2.05, 4.69) is 9.88 Å². The standard InChI is InChI=1S/C25H26FN3O/c1-28(2)15-13-20-16-29(17-21-10-6-7-14-27-21)25-22(26)11-12-23(24(20)25)30-18-19-8-4-3-5-9-19/h3-12,14,16H,13,15,17-18H2,1-2H3. The molecule has 4 aromatic rings. The molecule has 30 heavy (non-hydrogen) atoms. The molecule has 0 spiro atoms. The van der Waals surface area contributed by atoms with E-state index < -0.39 is 0 Å². The summed E-state index contributed by atoms with van der Waals surface area (Å²) < 4.78 is 23.1. The number of benzene rings is 2. The van der Waals surface area contributed by atoms with Gasteiger partial charge in [0.15, 0.2) is 0 Å². The lowest BCUT2D eigenvalue weighted by molar-refractivity contribution is 0.309. The van der Waals surface area contributed by atoms with Gasteiger partial charge in [-0.05, 0) is 55.9 Å². The van der Waals surface area contributed by atoms with Crippen molar-refractivity contribution in [2.75, 3.05) is 20.6 Å². The van der Waals surface area contributed by atoms with Crippen LogP contribution in [-0.2, 0) is 19.6 Å². The Labute approximate surface area is 176 Å². The lowest BCUT2D eigenvalue weighted by Gasteiger charge is -2.12. The number of nitrogens with zero attached hydrogens (tertiary/aromatic N) is 3. The topological polar surface area (TPSA) is 30.3 Å². The summed E-state index contributed by atoms with van der Waals surface area (Å²) in [7, 11) is 4.08. The summed E-state index contributed by atoms with van der Waals surface area (Å²) in [5, 5.41) is 0.851. The van der Waals surface area contributed by atoms with Crippen LogP contribution in [0.1, 0.15) is 16.8 Å². The SMILES string of the molecule is CN(C)CCc1cn(Cc2ccccn2)c2c(F)ccc(OCc3ccccc3)c12. The number of likely N-dealkylation sites (N-methyl/N-ethyl adjacent to an activating group) is 1. The van der Waals surface area contributed by atoms with Crippen LogP contribution in [0.5, 0.6) is 5.75 Å². The van der Waals surface area contributed by atoms with Gasteiger partial charge in [0.1, 0.15) is 18.2 Å². The van der Waals surface area contributed by atoms with E-state index in [1.807, 2.05) is 73.4 Å². The van der Waals surface area contributed by atoms with Gasteiger partial charge in [-0.3, -0.25) is 4.98 Å². The summed E-state index contributed by atoms with van der Waals surface area (Å²) in [6.07, 6.45) is 4.61. The van der Waals surface area contributed by atoms with E-state index in [1.165, 1.54) is 6.07 Å². The summed E-state index contributed by atoms with van der Waals surface area (Å²) in [6.45, 7) is 1.83. The predicted molar refractivity (Wildman–Crippen MR) is 118 cm³/mol. The molecule has 0 saturated carbocycles. The second-order valence-corrected chi connectivity index (χ2v) is 7.70. The summed E-state index contributed by atoms with van der Waals surface area (Å²) in [6, 6.07) is 19.0. The van der Waals surface area contributed by atoms with Crippen LogP contribution in [-0.4, -0.2) is 35.1 Å². The maximum absolute atomic E-state index is 15.0. The monoisotopic (exact) mass is 403 g/mol. The molecule has 0 radical (unpaired) electrons. The van der Waals surface area contributed by atoms with Gasteiger partial charge in [-0.2, -0.15) is 0 Å². The molecule has 0 aliphatic rings. The quantitative estimate of drug-likeness (QED) is 0.419. The number of halogens is 1. The molecule has 4 rings (SSSR count). The minimum atomic E-state index is -0.246. The first-order valence-corrected chi connectivity index (χ1v) is 10.1. The Bertz CT molecular complexity index is 1110. The van der Waals surface area contributed by atoms with Crippen molar-refractivity contribution in [1.29, 1.82) is 0 Å². The van der Waals surface area contributed by atoms with Crippen molar-refractivity contribution < 1.29 is 9.13 Å². The summed E-state index contributed by atoms with van der Waals surface area (Å²) in [5.41, 5.74) is 3.62. The molecule has 0 amide bonds. The molecular weight excluding hydrogens is 377 g/mol. The highest BCUT2D eigenvalue weighted by Crippen LogP contribution is 2.34. The van der Waals surface area contributed by atoms with Crippen LogP contribution < -0.4 is 4.74 Å². The summed E-state index contributed by atoms with van der Waals surface area (Å²) >= 11 is 0. The average molecular weight is 404 g/mol. The van der Waals surface area contributed by atoms with Crippen molar-refractivity contribution in [2.24, 2.45) is 0 Å². The number of hydrogen-bond acceptors (Lipinski definition) is 3. The van der Waals surface area contributed by atoms with Gasteiger partial charge in [0.05, 0.1) is 17.8 Å². The van der Waals surface area contributed by atoms with Gasteiger partial charge in [0, 0.05) is 24.3 Å². The van der Waals surface area contributed by atoms with Gasteiger partial charge in [0.25, 0.3) is 0 Å². The van der Waals surface area contributed by atoms with Crippen molar-refractivity contribution in [3.63, 3.8) is 0 Å². The maximum atomic E-state index is 15.0. The third kappa shape index (κ3) is 4.52. The van der Waals surface area contributed by atoms with Gasteiger partial charge in [-0.1, -0.05) is 36.4 Å². The van der Waals surface area contributed by atoms with Crippen LogP contribution in [0.4, 0.5) is 4.39 Å². The Kier molecular flexibility index (Phi) is 6.10. The molecule has 5 heteroatoms. The normalized spacial score (nSPS) is 11.3. The smallest absolute Gasteiger partial charge is 0.147 e. The van der Waals surface area contributed by atoms with Gasteiger partial charge in [-0.25, -0.2) is 4.39 Å². The zero-order valence-electron chi connectivity index (χ0n) is 17.4. The Morgan fingerprint density at radius 1 is 1.00 bits per heavy atom. The molecule has 2 aromatic carbocycles. The van der Waals surface area contributed by atoms with E-state index in [0.717, 1.165) is 35.2 Å². The van der Waals surface area contributed by atoms with Crippen molar-refractivity contribution in [2.45, 2.75) is 19.6 Å². The van der Waals surface area contributed by atoms with Crippen molar-refractivity contribution in [3.05, 3.63) is 95.7 Å². The summed E-state index contributed by atoms with van der Waals surface area (Å²) in [5.74, 6) is 0.466. The molecule has 4 nitrogen and oxygen atoms in total. The highest BCUT2D eigenvalue weighted by atomic mass is 19.1. The number of pyridine rings is 1. The van der Waals surface area contributed by atoms with E-state index in [1.54, 1.807) is 12.3 Å². The Morgan fingerprint density at radius 3 is 2.53 bits per heavy atom. The first kappa shape index (κ1) is 20.1. The number of aromatic nitrogens is 2. The van der Waals surface area contributed by atoms with Gasteiger partial charge in [0.2, 0.25) is 0 Å². The molecular formula is C25H26FN3O. The fraction of sp³-hybridized carbons (Fsp3) is 0.240. The highest BCUT2D eigenvalue weighted by molar-refractivity contribution is 5.90. The van der Waals surface area contributed by atoms with E-state index in [9.17, 15) is 4.39 Å². The third-order valence-electron chi connectivity index (χ3n) is 5.13. The van der Waals surface area contributed by atoms with Crippen LogP contribution >= 0.6 is 0 Å². The average Bonchev–Trinajstić information content (AvgIpc) is 3.12. The maximum Gasteiger partial charge on any atom is 0.147 e. The Morgan fingerprint density at radius 2 is 1.80 bits per heavy atom. The Hall–Kier alpha value is -3.18. The fourth-order valence-electron chi connectivity index (χ4n) is 3.64. The number of ether oxygens (including phenoxy) is 1. The summed E-state index contributed by atoms with van der Waals surface area (Å²) in [4.78, 5) is 6.54. The second kappa shape index (κ2) is 9.09.